The molecule has 0 aromatic heterocycles. The average Bonchev–Trinajstić information content (AvgIpc) is 2.27. The smallest absolute Gasteiger partial charge is 0.333 e. The van der Waals surface area contributed by atoms with E-state index < -0.39 is 5.97 Å². The Balaban J connectivity index is 2.79. The number of cyclic esters (lactones) is 1. The summed E-state index contributed by atoms with van der Waals surface area (Å²) in [6.45, 7) is 7.55. The number of rotatable bonds is 3. The van der Waals surface area contributed by atoms with Gasteiger partial charge in [0.25, 0.3) is 0 Å². The standard InChI is InChI=1S/C11H14O4/c1-4-8-6-15-10(12)5-9(8)7(2)11(13)14-3/h4,8-9H,1-2,5-6H2,3H3/t8-,9-/m0/s1. The minimum atomic E-state index is -0.485. The number of ether oxygens (including phenoxy) is 2. The highest BCUT2D eigenvalue weighted by atomic mass is 16.5. The predicted molar refractivity (Wildman–Crippen MR) is 53.9 cm³/mol. The zero-order valence-corrected chi connectivity index (χ0v) is 8.69. The molecule has 0 bridgehead atoms. The summed E-state index contributed by atoms with van der Waals surface area (Å²) in [5.41, 5.74) is 0.305. The molecule has 15 heavy (non-hydrogen) atoms. The van der Waals surface area contributed by atoms with Crippen molar-refractivity contribution in [1.29, 1.82) is 0 Å². The van der Waals surface area contributed by atoms with Gasteiger partial charge < -0.3 is 9.47 Å². The maximum absolute atomic E-state index is 11.3. The van der Waals surface area contributed by atoms with Crippen LogP contribution in [0, 0.1) is 11.8 Å². The van der Waals surface area contributed by atoms with E-state index in [0.29, 0.717) is 5.57 Å². The van der Waals surface area contributed by atoms with Crippen molar-refractivity contribution < 1.29 is 19.1 Å². The molecule has 0 unspecified atom stereocenters. The van der Waals surface area contributed by atoms with E-state index in [1.165, 1.54) is 7.11 Å². The molecule has 1 rings (SSSR count). The molecule has 0 amide bonds. The minimum Gasteiger partial charge on any atom is -0.466 e. The first-order chi connectivity index (χ1) is 7.10. The second kappa shape index (κ2) is 4.77. The van der Waals surface area contributed by atoms with Gasteiger partial charge in [0.2, 0.25) is 0 Å². The van der Waals surface area contributed by atoms with Crippen molar-refractivity contribution >= 4 is 11.9 Å². The molecule has 0 aromatic rings. The molecule has 1 heterocycles. The Morgan fingerprint density at radius 1 is 1.67 bits per heavy atom. The van der Waals surface area contributed by atoms with Crippen molar-refractivity contribution in [3.63, 3.8) is 0 Å². The van der Waals surface area contributed by atoms with Gasteiger partial charge in [0.15, 0.2) is 0 Å². The Bertz CT molecular complexity index is 306. The predicted octanol–water partition coefficient (Wildman–Crippen LogP) is 1.08. The molecule has 0 radical (unpaired) electrons. The normalized spacial score (nSPS) is 25.3. The van der Waals surface area contributed by atoms with Crippen LogP contribution in [0.5, 0.6) is 0 Å². The second-order valence-electron chi connectivity index (χ2n) is 3.41. The second-order valence-corrected chi connectivity index (χ2v) is 3.41. The molecule has 2 atom stereocenters. The SMILES string of the molecule is C=C[C@H]1COC(=O)C[C@H]1C(=C)C(=O)OC. The fourth-order valence-corrected chi connectivity index (χ4v) is 1.59. The first kappa shape index (κ1) is 11.5. The molecule has 1 aliphatic rings. The van der Waals surface area contributed by atoms with Crippen molar-refractivity contribution in [2.24, 2.45) is 11.8 Å². The molecule has 0 saturated carbocycles. The van der Waals surface area contributed by atoms with Crippen molar-refractivity contribution in [3.05, 3.63) is 24.8 Å². The summed E-state index contributed by atoms with van der Waals surface area (Å²) in [5, 5.41) is 0. The van der Waals surface area contributed by atoms with Gasteiger partial charge in [-0.1, -0.05) is 12.7 Å². The lowest BCUT2D eigenvalue weighted by Crippen LogP contribution is -2.32. The Hall–Kier alpha value is -1.58. The van der Waals surface area contributed by atoms with E-state index in [9.17, 15) is 9.59 Å². The third kappa shape index (κ3) is 2.46. The van der Waals surface area contributed by atoms with Crippen LogP contribution in [0.4, 0.5) is 0 Å². The maximum atomic E-state index is 11.3. The van der Waals surface area contributed by atoms with Gasteiger partial charge in [-0.2, -0.15) is 0 Å². The van der Waals surface area contributed by atoms with Crippen LogP contribution in [0.2, 0.25) is 0 Å². The summed E-state index contributed by atoms with van der Waals surface area (Å²) in [4.78, 5) is 22.4. The molecule has 1 fully saturated rings. The summed E-state index contributed by atoms with van der Waals surface area (Å²) >= 11 is 0. The van der Waals surface area contributed by atoms with Gasteiger partial charge in [-0.3, -0.25) is 4.79 Å². The molecule has 4 nitrogen and oxygen atoms in total. The Morgan fingerprint density at radius 3 is 2.87 bits per heavy atom. The third-order valence-electron chi connectivity index (χ3n) is 2.54. The highest BCUT2D eigenvalue weighted by Crippen LogP contribution is 2.29. The van der Waals surface area contributed by atoms with E-state index in [1.807, 2.05) is 0 Å². The molecular formula is C11H14O4. The van der Waals surface area contributed by atoms with Gasteiger partial charge in [-0.05, 0) is 0 Å². The van der Waals surface area contributed by atoms with Crippen LogP contribution in [0.1, 0.15) is 6.42 Å². The minimum absolute atomic E-state index is 0.0608. The highest BCUT2D eigenvalue weighted by molar-refractivity contribution is 5.89. The summed E-state index contributed by atoms with van der Waals surface area (Å²) in [6.07, 6.45) is 1.83. The van der Waals surface area contributed by atoms with Gasteiger partial charge in [0.05, 0.1) is 20.1 Å². The van der Waals surface area contributed by atoms with Crippen LogP contribution in [0.25, 0.3) is 0 Å². The highest BCUT2D eigenvalue weighted by Gasteiger charge is 2.33. The van der Waals surface area contributed by atoms with Crippen molar-refractivity contribution in [1.82, 2.24) is 0 Å². The van der Waals surface area contributed by atoms with Gasteiger partial charge in [0, 0.05) is 17.4 Å². The lowest BCUT2D eigenvalue weighted by Gasteiger charge is -2.28. The monoisotopic (exact) mass is 210 g/mol. The number of carbonyl (C=O) groups is 2. The van der Waals surface area contributed by atoms with Gasteiger partial charge >= 0.3 is 11.9 Å². The lowest BCUT2D eigenvalue weighted by molar-refractivity contribution is -0.151. The van der Waals surface area contributed by atoms with Crippen LogP contribution >= 0.6 is 0 Å². The van der Waals surface area contributed by atoms with Crippen molar-refractivity contribution in [2.45, 2.75) is 6.42 Å². The quantitative estimate of drug-likeness (QED) is 0.397. The fraction of sp³-hybridized carbons (Fsp3) is 0.455. The van der Waals surface area contributed by atoms with Crippen LogP contribution in [0.15, 0.2) is 24.8 Å². The molecule has 1 aliphatic heterocycles. The Morgan fingerprint density at radius 2 is 2.33 bits per heavy atom. The van der Waals surface area contributed by atoms with Gasteiger partial charge in [0.1, 0.15) is 0 Å². The van der Waals surface area contributed by atoms with E-state index in [-0.39, 0.29) is 30.8 Å². The number of carbonyl (C=O) groups excluding carboxylic acids is 2. The summed E-state index contributed by atoms with van der Waals surface area (Å²) in [5.74, 6) is -1.12. The van der Waals surface area contributed by atoms with E-state index in [1.54, 1.807) is 6.08 Å². The van der Waals surface area contributed by atoms with E-state index in [4.69, 9.17) is 4.74 Å². The lowest BCUT2D eigenvalue weighted by atomic mass is 9.83. The van der Waals surface area contributed by atoms with Crippen molar-refractivity contribution in [2.75, 3.05) is 13.7 Å². The average molecular weight is 210 g/mol. The summed E-state index contributed by atoms with van der Waals surface area (Å²) in [6, 6.07) is 0. The van der Waals surface area contributed by atoms with Gasteiger partial charge in [-0.25, -0.2) is 4.79 Å². The van der Waals surface area contributed by atoms with Crippen LogP contribution in [-0.2, 0) is 19.1 Å². The zero-order valence-electron chi connectivity index (χ0n) is 8.69. The first-order valence-electron chi connectivity index (χ1n) is 4.65. The Kier molecular flexibility index (Phi) is 3.66. The van der Waals surface area contributed by atoms with Crippen molar-refractivity contribution in [3.8, 4) is 0 Å². The number of esters is 2. The van der Waals surface area contributed by atoms with E-state index in [2.05, 4.69) is 17.9 Å². The van der Waals surface area contributed by atoms with E-state index in [0.717, 1.165) is 0 Å². The molecule has 4 heteroatoms. The molecule has 82 valence electrons. The number of hydrogen-bond acceptors (Lipinski definition) is 4. The topological polar surface area (TPSA) is 52.6 Å². The van der Waals surface area contributed by atoms with E-state index >= 15 is 0 Å². The number of methoxy groups -OCH3 is 1. The molecule has 0 aromatic carbocycles. The first-order valence-corrected chi connectivity index (χ1v) is 4.65. The summed E-state index contributed by atoms with van der Waals surface area (Å²) in [7, 11) is 1.29. The molecule has 0 N–H and O–H groups in total. The molecule has 0 spiro atoms. The van der Waals surface area contributed by atoms with Gasteiger partial charge in [-0.15, -0.1) is 6.58 Å². The van der Waals surface area contributed by atoms with Crippen LogP contribution < -0.4 is 0 Å². The Labute approximate surface area is 88.6 Å². The molecular weight excluding hydrogens is 196 g/mol. The van der Waals surface area contributed by atoms with Crippen LogP contribution in [-0.4, -0.2) is 25.7 Å². The maximum Gasteiger partial charge on any atom is 0.333 e. The largest absolute Gasteiger partial charge is 0.466 e. The zero-order chi connectivity index (χ0) is 11.4. The summed E-state index contributed by atoms with van der Waals surface area (Å²) < 4.78 is 9.44. The van der Waals surface area contributed by atoms with Crippen LogP contribution in [0.3, 0.4) is 0 Å². The third-order valence-corrected chi connectivity index (χ3v) is 2.54. The molecule has 1 saturated heterocycles. The molecule has 0 aliphatic carbocycles. The number of hydrogen-bond donors (Lipinski definition) is 0. The fourth-order valence-electron chi connectivity index (χ4n) is 1.59.